The van der Waals surface area contributed by atoms with E-state index in [2.05, 4.69) is 16.6 Å². The lowest BCUT2D eigenvalue weighted by atomic mass is 10.1. The number of hydrogen-bond acceptors (Lipinski definition) is 8. The van der Waals surface area contributed by atoms with Crippen LogP contribution >= 0.6 is 0 Å². The molecule has 0 amide bonds. The number of aromatic nitrogens is 4. The number of aryl methyl sites for hydroxylation is 1. The van der Waals surface area contributed by atoms with Crippen LogP contribution in [0.3, 0.4) is 0 Å². The molecule has 1 atom stereocenters. The van der Waals surface area contributed by atoms with Crippen molar-refractivity contribution in [2.75, 3.05) is 32.8 Å². The first-order valence-electron chi connectivity index (χ1n) is 10.1. The van der Waals surface area contributed by atoms with E-state index in [0.29, 0.717) is 30.5 Å². The van der Waals surface area contributed by atoms with Gasteiger partial charge in [0.25, 0.3) is 5.56 Å². The number of benzene rings is 1. The maximum absolute atomic E-state index is 13.3. The van der Waals surface area contributed by atoms with Crippen LogP contribution in [0.4, 0.5) is 11.6 Å². The van der Waals surface area contributed by atoms with Gasteiger partial charge >= 0.3 is 11.7 Å². The minimum Gasteiger partial charge on any atom is -0.497 e. The molecule has 0 saturated carbocycles. The molecule has 1 aliphatic heterocycles. The van der Waals surface area contributed by atoms with Crippen LogP contribution in [0.15, 0.2) is 27.8 Å². The molecule has 0 saturated heterocycles. The smallest absolute Gasteiger partial charge is 0.333 e. The van der Waals surface area contributed by atoms with Crippen molar-refractivity contribution in [3.8, 4) is 11.5 Å². The van der Waals surface area contributed by atoms with Crippen molar-refractivity contribution in [2.24, 2.45) is 13.0 Å². The first kappa shape index (κ1) is 21.5. The molecule has 0 bridgehead atoms. The largest absolute Gasteiger partial charge is 0.497 e. The number of methoxy groups -OCH3 is 3. The van der Waals surface area contributed by atoms with Crippen molar-refractivity contribution >= 4 is 28.8 Å². The lowest BCUT2D eigenvalue weighted by Crippen LogP contribution is -2.42. The van der Waals surface area contributed by atoms with E-state index in [4.69, 9.17) is 9.47 Å². The number of hydrogen-bond donors (Lipinski definition) is 0. The number of ether oxygens (including phenoxy) is 3. The first-order valence-corrected chi connectivity index (χ1v) is 10.1. The minimum absolute atomic E-state index is 0.164. The second kappa shape index (κ2) is 8.06. The van der Waals surface area contributed by atoms with Gasteiger partial charge in [0, 0.05) is 26.2 Å². The maximum Gasteiger partial charge on any atom is 0.333 e. The Labute approximate surface area is 183 Å². The lowest BCUT2D eigenvalue weighted by molar-refractivity contribution is -0.141. The number of anilines is 2. The summed E-state index contributed by atoms with van der Waals surface area (Å²) >= 11 is 0. The summed E-state index contributed by atoms with van der Waals surface area (Å²) in [6.07, 6.45) is 0. The van der Waals surface area contributed by atoms with Crippen molar-refractivity contribution in [3.05, 3.63) is 39.0 Å². The number of rotatable bonds is 5. The van der Waals surface area contributed by atoms with Crippen LogP contribution < -0.4 is 25.6 Å². The zero-order valence-electron chi connectivity index (χ0n) is 18.6. The SMILES string of the molecule is COC(=O)Cn1c(=O)c2c(nc3n2C[C@@H](C)CN3c2ccc(OC)cc2OC)n(C)c1=O. The number of nitrogens with zero attached hydrogens (tertiary/aromatic N) is 5. The van der Waals surface area contributed by atoms with Gasteiger partial charge in [-0.2, -0.15) is 4.98 Å². The quantitative estimate of drug-likeness (QED) is 0.535. The third kappa shape index (κ3) is 3.29. The Hall–Kier alpha value is -3.76. The molecule has 0 radical (unpaired) electrons. The summed E-state index contributed by atoms with van der Waals surface area (Å²) in [6, 6.07) is 5.47. The highest BCUT2D eigenvalue weighted by atomic mass is 16.5. The van der Waals surface area contributed by atoms with Gasteiger partial charge in [-0.05, 0) is 18.1 Å². The minimum atomic E-state index is -0.681. The summed E-state index contributed by atoms with van der Waals surface area (Å²) in [5.41, 5.74) is 0.0574. The summed E-state index contributed by atoms with van der Waals surface area (Å²) in [5.74, 6) is 1.24. The highest BCUT2D eigenvalue weighted by molar-refractivity contribution is 5.79. The zero-order chi connectivity index (χ0) is 23.2. The predicted octanol–water partition coefficient (Wildman–Crippen LogP) is 0.875. The highest BCUT2D eigenvalue weighted by Gasteiger charge is 2.31. The number of esters is 1. The van der Waals surface area contributed by atoms with Crippen LogP contribution in [-0.4, -0.2) is 52.5 Å². The molecule has 3 heterocycles. The Kier molecular flexibility index (Phi) is 5.41. The van der Waals surface area contributed by atoms with E-state index in [9.17, 15) is 14.4 Å². The van der Waals surface area contributed by atoms with Gasteiger partial charge in [0.05, 0.1) is 27.0 Å². The molecule has 2 aromatic heterocycles. The number of imidazole rings is 1. The molecule has 0 fully saturated rings. The number of fused-ring (bicyclic) bond motifs is 3. The third-order valence-electron chi connectivity index (χ3n) is 5.63. The second-order valence-electron chi connectivity index (χ2n) is 7.76. The van der Waals surface area contributed by atoms with Crippen molar-refractivity contribution < 1.29 is 19.0 Å². The Morgan fingerprint density at radius 2 is 1.91 bits per heavy atom. The molecule has 170 valence electrons. The summed E-state index contributed by atoms with van der Waals surface area (Å²) in [7, 11) is 5.89. The van der Waals surface area contributed by atoms with Gasteiger partial charge in [-0.15, -0.1) is 0 Å². The fourth-order valence-corrected chi connectivity index (χ4v) is 4.05. The third-order valence-corrected chi connectivity index (χ3v) is 5.63. The topological polar surface area (TPSA) is 110 Å². The molecule has 3 aromatic rings. The molecule has 32 heavy (non-hydrogen) atoms. The molecule has 0 unspecified atom stereocenters. The van der Waals surface area contributed by atoms with E-state index in [1.165, 1.54) is 18.7 Å². The normalized spacial score (nSPS) is 15.5. The average molecular weight is 443 g/mol. The summed E-state index contributed by atoms with van der Waals surface area (Å²) < 4.78 is 19.5. The van der Waals surface area contributed by atoms with Crippen LogP contribution in [0.5, 0.6) is 11.5 Å². The number of carbonyl (C=O) groups is 1. The first-order chi connectivity index (χ1) is 15.3. The van der Waals surface area contributed by atoms with Gasteiger partial charge in [0.15, 0.2) is 11.2 Å². The highest BCUT2D eigenvalue weighted by Crippen LogP contribution is 2.39. The monoisotopic (exact) mass is 443 g/mol. The van der Waals surface area contributed by atoms with Crippen LogP contribution in [0.25, 0.3) is 11.2 Å². The second-order valence-corrected chi connectivity index (χ2v) is 7.76. The van der Waals surface area contributed by atoms with E-state index in [-0.39, 0.29) is 17.1 Å². The van der Waals surface area contributed by atoms with E-state index >= 15 is 0 Å². The lowest BCUT2D eigenvalue weighted by Gasteiger charge is -2.33. The van der Waals surface area contributed by atoms with E-state index in [1.54, 1.807) is 24.9 Å². The number of carbonyl (C=O) groups excluding carboxylic acids is 1. The Morgan fingerprint density at radius 3 is 2.56 bits per heavy atom. The molecule has 0 aliphatic carbocycles. The average Bonchev–Trinajstić information content (AvgIpc) is 3.18. The van der Waals surface area contributed by atoms with Gasteiger partial charge in [-0.1, -0.05) is 6.92 Å². The van der Waals surface area contributed by atoms with E-state index < -0.39 is 23.8 Å². The molecular weight excluding hydrogens is 418 g/mol. The van der Waals surface area contributed by atoms with Crippen molar-refractivity contribution in [1.29, 1.82) is 0 Å². The predicted molar refractivity (Wildman–Crippen MR) is 117 cm³/mol. The van der Waals surface area contributed by atoms with Crippen molar-refractivity contribution in [3.63, 3.8) is 0 Å². The molecule has 0 N–H and O–H groups in total. The summed E-state index contributed by atoms with van der Waals surface area (Å²) in [5, 5.41) is 0. The molecule has 1 aromatic carbocycles. The molecule has 11 nitrogen and oxygen atoms in total. The van der Waals surface area contributed by atoms with Crippen LogP contribution in [0, 0.1) is 5.92 Å². The molecule has 4 rings (SSSR count). The fourth-order valence-electron chi connectivity index (χ4n) is 4.05. The van der Waals surface area contributed by atoms with Crippen LogP contribution in [0.1, 0.15) is 6.92 Å². The van der Waals surface area contributed by atoms with Gasteiger partial charge < -0.3 is 23.7 Å². The Balaban J connectivity index is 1.97. The van der Waals surface area contributed by atoms with Crippen LogP contribution in [0.2, 0.25) is 0 Å². The van der Waals surface area contributed by atoms with E-state index in [1.807, 2.05) is 17.0 Å². The van der Waals surface area contributed by atoms with Gasteiger partial charge in [0.2, 0.25) is 5.95 Å². The fraction of sp³-hybridized carbons (Fsp3) is 0.429. The zero-order valence-corrected chi connectivity index (χ0v) is 18.6. The van der Waals surface area contributed by atoms with Crippen molar-refractivity contribution in [2.45, 2.75) is 20.0 Å². The molecule has 1 aliphatic rings. The van der Waals surface area contributed by atoms with E-state index in [0.717, 1.165) is 10.3 Å². The summed E-state index contributed by atoms with van der Waals surface area (Å²) in [4.78, 5) is 44.4. The Morgan fingerprint density at radius 1 is 1.16 bits per heavy atom. The van der Waals surface area contributed by atoms with Gasteiger partial charge in [0.1, 0.15) is 18.0 Å². The van der Waals surface area contributed by atoms with Gasteiger partial charge in [-0.3, -0.25) is 14.2 Å². The standard InChI is InChI=1S/C21H25N5O6/c1-12-9-24(14-7-6-13(30-3)8-15(14)31-4)20-22-18-17(25(20)10-12)19(28)26(11-16(27)32-5)21(29)23(18)2/h6-8,12H,9-11H2,1-5H3/t12-/m0/s1. The molecule has 0 spiro atoms. The van der Waals surface area contributed by atoms with Crippen molar-refractivity contribution in [1.82, 2.24) is 18.7 Å². The Bertz CT molecular complexity index is 1320. The molecular formula is C21H25N5O6. The van der Waals surface area contributed by atoms with Crippen LogP contribution in [-0.2, 0) is 29.7 Å². The maximum atomic E-state index is 13.3. The van der Waals surface area contributed by atoms with Gasteiger partial charge in [-0.25, -0.2) is 9.36 Å². The molecule has 11 heteroatoms. The summed E-state index contributed by atoms with van der Waals surface area (Å²) in [6.45, 7) is 2.76.